The predicted molar refractivity (Wildman–Crippen MR) is 115 cm³/mol. The Bertz CT molecular complexity index is 164. The Kier molecular flexibility index (Phi) is 29.1. The fourth-order valence-corrected chi connectivity index (χ4v) is 2.85. The van der Waals surface area contributed by atoms with E-state index in [0.717, 1.165) is 5.75 Å². The monoisotopic (exact) mass is 450 g/mol. The molecule has 0 heterocycles. The summed E-state index contributed by atoms with van der Waals surface area (Å²) in [6, 6.07) is 0. The molecule has 0 aromatic heterocycles. The van der Waals surface area contributed by atoms with Crippen molar-refractivity contribution >= 4 is 32.4 Å². The van der Waals surface area contributed by atoms with Crippen molar-refractivity contribution in [1.29, 1.82) is 0 Å². The molecule has 0 saturated carbocycles. The van der Waals surface area contributed by atoms with Gasteiger partial charge in [-0.05, 0) is 0 Å². The number of unbranched alkanes of at least 4 members (excludes halogenated alkanes) is 15. The molecule has 23 heavy (non-hydrogen) atoms. The van der Waals surface area contributed by atoms with Crippen LogP contribution in [0.5, 0.6) is 0 Å². The molecule has 2 heteroatoms. The second-order valence-electron chi connectivity index (χ2n) is 7.51. The third kappa shape index (κ3) is 35.2. The molecule has 0 atom stereocenters. The molecule has 0 N–H and O–H groups in total. The molecule has 0 saturated heterocycles. The van der Waals surface area contributed by atoms with Gasteiger partial charge in [0.2, 0.25) is 0 Å². The van der Waals surface area contributed by atoms with Crippen LogP contribution in [0.3, 0.4) is 0 Å². The van der Waals surface area contributed by atoms with Gasteiger partial charge in [0, 0.05) is 0 Å². The molecule has 0 radical (unpaired) electrons. The van der Waals surface area contributed by atoms with E-state index >= 15 is 0 Å². The van der Waals surface area contributed by atoms with Crippen molar-refractivity contribution in [1.82, 2.24) is 0 Å². The first-order valence-corrected chi connectivity index (χ1v) is 19.6. The van der Waals surface area contributed by atoms with E-state index in [1.54, 1.807) is 0 Å². The molecule has 0 aliphatic carbocycles. The minimum absolute atomic E-state index is 0.543. The maximum atomic E-state index is 4.95. The minimum atomic E-state index is -0.543. The summed E-state index contributed by atoms with van der Waals surface area (Å²) in [6.07, 6.45) is 23.0. The van der Waals surface area contributed by atoms with Crippen LogP contribution in [-0.2, 0) is 12.6 Å². The molecule has 0 fully saturated rings. The van der Waals surface area contributed by atoms with Gasteiger partial charge >= 0.3 is 34.6 Å². The van der Waals surface area contributed by atoms with Crippen molar-refractivity contribution in [2.75, 3.05) is 5.75 Å². The summed E-state index contributed by atoms with van der Waals surface area (Å²) in [7, 11) is 0. The molecule has 0 nitrogen and oxygen atoms in total. The van der Waals surface area contributed by atoms with E-state index in [0.29, 0.717) is 0 Å². The van der Waals surface area contributed by atoms with Crippen molar-refractivity contribution in [3.8, 4) is 0 Å². The second-order valence-corrected chi connectivity index (χ2v) is 16.5. The Labute approximate surface area is 162 Å². The Balaban J connectivity index is 0. The number of rotatable bonds is 16. The van der Waals surface area contributed by atoms with Crippen LogP contribution in [0, 0.1) is 0 Å². The van der Waals surface area contributed by atoms with Crippen LogP contribution in [0.2, 0.25) is 14.8 Å². The zero-order chi connectivity index (χ0) is 17.6. The molecular formula is C21H46SSn. The van der Waals surface area contributed by atoms with E-state index in [2.05, 4.69) is 21.7 Å². The molecule has 0 amide bonds. The Hall–Kier alpha value is 1.15. The van der Waals surface area contributed by atoms with Crippen LogP contribution in [0.15, 0.2) is 0 Å². The molecule has 0 aromatic carbocycles. The van der Waals surface area contributed by atoms with Gasteiger partial charge in [-0.25, -0.2) is 0 Å². The summed E-state index contributed by atoms with van der Waals surface area (Å²) in [5.74, 6) is 0.957. The first-order valence-electron chi connectivity index (χ1n) is 10.5. The van der Waals surface area contributed by atoms with Gasteiger partial charge in [0.05, 0.1) is 0 Å². The molecule has 140 valence electrons. The summed E-state index contributed by atoms with van der Waals surface area (Å²) < 4.78 is 0. The van der Waals surface area contributed by atoms with Gasteiger partial charge < -0.3 is 12.6 Å². The van der Waals surface area contributed by atoms with Crippen LogP contribution in [0.4, 0.5) is 0 Å². The van der Waals surface area contributed by atoms with Crippen molar-refractivity contribution in [2.45, 2.75) is 124 Å². The zero-order valence-corrected chi connectivity index (χ0v) is 20.6. The Morgan fingerprint density at radius 1 is 0.478 bits per heavy atom. The van der Waals surface area contributed by atoms with Gasteiger partial charge in [-0.15, -0.1) is 0 Å². The van der Waals surface area contributed by atoms with Gasteiger partial charge in [0.25, 0.3) is 0 Å². The summed E-state index contributed by atoms with van der Waals surface area (Å²) in [5.41, 5.74) is 0. The van der Waals surface area contributed by atoms with E-state index in [1.807, 2.05) is 0 Å². The summed E-state index contributed by atoms with van der Waals surface area (Å²) in [5, 5.41) is 0. The zero-order valence-electron chi connectivity index (χ0n) is 16.9. The Morgan fingerprint density at radius 2 is 0.696 bits per heavy atom. The van der Waals surface area contributed by atoms with E-state index in [-0.39, 0.29) is 0 Å². The standard InChI is InChI=1S/C18H38S.3CH3.Sn/c1-2-3-4-5-6-7-8-9-10-11-12-13-14-15-16-17-18-19;;;;/h19H,2-18H2,1H3;3*1H3;/q;;;;+1/p-1. The van der Waals surface area contributed by atoms with Gasteiger partial charge in [-0.2, -0.15) is 5.75 Å². The van der Waals surface area contributed by atoms with Crippen molar-refractivity contribution in [3.05, 3.63) is 0 Å². The molecule has 0 aliphatic heterocycles. The molecule has 0 unspecified atom stereocenters. The quantitative estimate of drug-likeness (QED) is 0.130. The van der Waals surface area contributed by atoms with Crippen LogP contribution < -0.4 is 0 Å². The predicted octanol–water partition coefficient (Wildman–Crippen LogP) is 8.17. The molecule has 0 bridgehead atoms. The molecule has 0 rings (SSSR count). The Morgan fingerprint density at radius 3 is 0.913 bits per heavy atom. The SMILES string of the molecule is CCCCCCCCCCCCCCCCCC[S-].[CH3][Sn+]([CH3])[CH3]. The summed E-state index contributed by atoms with van der Waals surface area (Å²) in [4.78, 5) is 7.09. The van der Waals surface area contributed by atoms with Crippen molar-refractivity contribution in [2.24, 2.45) is 0 Å². The average Bonchev–Trinajstić information content (AvgIpc) is 2.50. The van der Waals surface area contributed by atoms with Gasteiger partial charge in [0.1, 0.15) is 0 Å². The van der Waals surface area contributed by atoms with Crippen molar-refractivity contribution < 1.29 is 0 Å². The van der Waals surface area contributed by atoms with Crippen LogP contribution >= 0.6 is 0 Å². The fourth-order valence-electron chi connectivity index (χ4n) is 2.65. The topological polar surface area (TPSA) is 0 Å². The van der Waals surface area contributed by atoms with E-state index in [1.165, 1.54) is 103 Å². The normalized spacial score (nSPS) is 10.3. The number of hydrogen-bond acceptors (Lipinski definition) is 1. The van der Waals surface area contributed by atoms with Crippen LogP contribution in [0.1, 0.15) is 110 Å². The third-order valence-corrected chi connectivity index (χ3v) is 4.29. The summed E-state index contributed by atoms with van der Waals surface area (Å²) in [6.45, 7) is 2.29. The maximum absolute atomic E-state index is 4.95. The van der Waals surface area contributed by atoms with E-state index < -0.39 is 19.8 Å². The fraction of sp³-hybridized carbons (Fsp3) is 1.00. The van der Waals surface area contributed by atoms with E-state index in [9.17, 15) is 0 Å². The van der Waals surface area contributed by atoms with Crippen LogP contribution in [0.25, 0.3) is 0 Å². The van der Waals surface area contributed by atoms with E-state index in [4.69, 9.17) is 12.6 Å². The van der Waals surface area contributed by atoms with Crippen LogP contribution in [-0.4, -0.2) is 25.5 Å². The van der Waals surface area contributed by atoms with Gasteiger partial charge in [-0.1, -0.05) is 110 Å². The summed E-state index contributed by atoms with van der Waals surface area (Å²) >= 11 is 4.41. The first kappa shape index (κ1) is 26.4. The molecule has 0 aromatic rings. The van der Waals surface area contributed by atoms with Crippen molar-refractivity contribution in [3.63, 3.8) is 0 Å². The average molecular weight is 449 g/mol. The van der Waals surface area contributed by atoms with Gasteiger partial charge in [-0.3, -0.25) is 0 Å². The molecule has 0 spiro atoms. The second kappa shape index (κ2) is 25.4. The molecular weight excluding hydrogens is 403 g/mol. The first-order chi connectivity index (χ1) is 11.1. The molecule has 0 aliphatic rings. The third-order valence-electron chi connectivity index (χ3n) is 4.00. The number of hydrogen-bond donors (Lipinski definition) is 0. The van der Waals surface area contributed by atoms with Gasteiger partial charge in [0.15, 0.2) is 0 Å².